The lowest BCUT2D eigenvalue weighted by atomic mass is 10.1. The van der Waals surface area contributed by atoms with Gasteiger partial charge >= 0.3 is 10.2 Å². The molecule has 1 saturated heterocycles. The van der Waals surface area contributed by atoms with Crippen LogP contribution in [0.15, 0.2) is 18.2 Å². The van der Waals surface area contributed by atoms with Crippen molar-refractivity contribution in [2.45, 2.75) is 13.5 Å². The lowest BCUT2D eigenvalue weighted by Gasteiger charge is -2.12. The first-order valence-corrected chi connectivity index (χ1v) is 6.78. The first-order chi connectivity index (χ1) is 8.79. The van der Waals surface area contributed by atoms with Gasteiger partial charge in [0.15, 0.2) is 0 Å². The lowest BCUT2D eigenvalue weighted by molar-refractivity contribution is -0.385. The second-order valence-corrected chi connectivity index (χ2v) is 5.85. The van der Waals surface area contributed by atoms with Gasteiger partial charge in [0.25, 0.3) is 5.69 Å². The van der Waals surface area contributed by atoms with Crippen LogP contribution in [-0.4, -0.2) is 30.1 Å². The van der Waals surface area contributed by atoms with Crippen molar-refractivity contribution in [1.29, 1.82) is 0 Å². The Labute approximate surface area is 109 Å². The summed E-state index contributed by atoms with van der Waals surface area (Å²) in [4.78, 5) is 21.3. The Kier molecular flexibility index (Phi) is 3.25. The number of rotatable bonds is 3. The number of nitrogens with one attached hydrogen (secondary N) is 1. The van der Waals surface area contributed by atoms with Gasteiger partial charge in [0, 0.05) is 18.2 Å². The fourth-order valence-electron chi connectivity index (χ4n) is 1.78. The van der Waals surface area contributed by atoms with Gasteiger partial charge in [-0.2, -0.15) is 12.7 Å². The minimum absolute atomic E-state index is 0.0756. The zero-order chi connectivity index (χ0) is 14.2. The maximum absolute atomic E-state index is 11.5. The second kappa shape index (κ2) is 4.59. The molecule has 1 amide bonds. The summed E-state index contributed by atoms with van der Waals surface area (Å²) in [5, 5.41) is 10.8. The molecule has 1 fully saturated rings. The number of hydrogen-bond donors (Lipinski definition) is 1. The van der Waals surface area contributed by atoms with Gasteiger partial charge in [0.05, 0.1) is 11.5 Å². The van der Waals surface area contributed by atoms with Crippen molar-refractivity contribution >= 4 is 21.8 Å². The van der Waals surface area contributed by atoms with Crippen molar-refractivity contribution in [3.63, 3.8) is 0 Å². The summed E-state index contributed by atoms with van der Waals surface area (Å²) in [6, 6.07) is 4.46. The van der Waals surface area contributed by atoms with E-state index in [-0.39, 0.29) is 18.8 Å². The third-order valence-electron chi connectivity index (χ3n) is 2.73. The van der Waals surface area contributed by atoms with Crippen LogP contribution in [-0.2, 0) is 21.5 Å². The fourth-order valence-corrected chi connectivity index (χ4v) is 2.87. The van der Waals surface area contributed by atoms with E-state index in [1.165, 1.54) is 6.07 Å². The van der Waals surface area contributed by atoms with E-state index in [1.807, 2.05) is 4.72 Å². The van der Waals surface area contributed by atoms with Crippen LogP contribution in [0, 0.1) is 17.0 Å². The molecule has 0 aliphatic carbocycles. The Hall–Kier alpha value is -2.00. The number of carbonyl (C=O) groups excluding carboxylic acids is 1. The molecule has 0 radical (unpaired) electrons. The molecule has 8 nitrogen and oxygen atoms in total. The average molecular weight is 285 g/mol. The smallest absolute Gasteiger partial charge is 0.272 e. The van der Waals surface area contributed by atoms with Gasteiger partial charge in [-0.1, -0.05) is 12.1 Å². The van der Waals surface area contributed by atoms with Gasteiger partial charge in [-0.25, -0.2) is 4.72 Å². The number of nitrogens with zero attached hydrogens (tertiary/aromatic N) is 2. The van der Waals surface area contributed by atoms with E-state index in [4.69, 9.17) is 0 Å². The summed E-state index contributed by atoms with van der Waals surface area (Å²) >= 11 is 0. The summed E-state index contributed by atoms with van der Waals surface area (Å²) in [5.74, 6) is -0.610. The maximum Gasteiger partial charge on any atom is 0.304 e. The van der Waals surface area contributed by atoms with Gasteiger partial charge in [-0.05, 0) is 12.5 Å². The van der Waals surface area contributed by atoms with Crippen molar-refractivity contribution in [2.75, 3.05) is 6.54 Å². The average Bonchev–Trinajstić information content (AvgIpc) is 2.54. The highest BCUT2D eigenvalue weighted by Gasteiger charge is 2.33. The Morgan fingerprint density at radius 2 is 2.16 bits per heavy atom. The lowest BCUT2D eigenvalue weighted by Crippen LogP contribution is -2.29. The molecule has 9 heteroatoms. The van der Waals surface area contributed by atoms with E-state index in [1.54, 1.807) is 19.1 Å². The molecule has 0 saturated carbocycles. The molecule has 1 N–H and O–H groups in total. The highest BCUT2D eigenvalue weighted by molar-refractivity contribution is 7.88. The first-order valence-electron chi connectivity index (χ1n) is 5.34. The zero-order valence-electron chi connectivity index (χ0n) is 9.99. The summed E-state index contributed by atoms with van der Waals surface area (Å²) in [6.45, 7) is 1.24. The molecule has 1 aliphatic rings. The molecular weight excluding hydrogens is 274 g/mol. The van der Waals surface area contributed by atoms with Crippen LogP contribution in [0.4, 0.5) is 5.69 Å². The van der Waals surface area contributed by atoms with Crippen LogP contribution < -0.4 is 4.72 Å². The van der Waals surface area contributed by atoms with Crippen LogP contribution in [0.5, 0.6) is 0 Å². The Bertz CT molecular complexity index is 655. The van der Waals surface area contributed by atoms with Crippen molar-refractivity contribution < 1.29 is 18.1 Å². The Balaban J connectivity index is 2.28. The fraction of sp³-hybridized carbons (Fsp3) is 0.300. The van der Waals surface area contributed by atoms with Gasteiger partial charge in [-0.3, -0.25) is 14.9 Å². The zero-order valence-corrected chi connectivity index (χ0v) is 10.8. The van der Waals surface area contributed by atoms with Crippen molar-refractivity contribution in [1.82, 2.24) is 9.03 Å². The van der Waals surface area contributed by atoms with E-state index in [0.717, 1.165) is 4.31 Å². The van der Waals surface area contributed by atoms with Crippen LogP contribution in [0.25, 0.3) is 0 Å². The van der Waals surface area contributed by atoms with Crippen LogP contribution in [0.1, 0.15) is 11.1 Å². The minimum atomic E-state index is -3.81. The highest BCUT2D eigenvalue weighted by atomic mass is 32.2. The molecule has 0 atom stereocenters. The number of amides is 1. The quantitative estimate of drug-likeness (QED) is 0.624. The van der Waals surface area contributed by atoms with Crippen LogP contribution >= 0.6 is 0 Å². The second-order valence-electron chi connectivity index (χ2n) is 4.18. The molecule has 1 heterocycles. The van der Waals surface area contributed by atoms with E-state index < -0.39 is 21.0 Å². The first kappa shape index (κ1) is 13.4. The van der Waals surface area contributed by atoms with Crippen molar-refractivity contribution in [3.05, 3.63) is 39.4 Å². The third-order valence-corrected chi connectivity index (χ3v) is 4.16. The third kappa shape index (κ3) is 2.71. The highest BCUT2D eigenvalue weighted by Crippen LogP contribution is 2.21. The van der Waals surface area contributed by atoms with Gasteiger partial charge in [0.2, 0.25) is 5.91 Å². The Morgan fingerprint density at radius 1 is 1.47 bits per heavy atom. The number of nitro benzene ring substituents is 1. The van der Waals surface area contributed by atoms with Gasteiger partial charge < -0.3 is 0 Å². The molecule has 102 valence electrons. The summed E-state index contributed by atoms with van der Waals surface area (Å²) < 4.78 is 25.8. The number of hydrogen-bond acceptors (Lipinski definition) is 5. The normalized spacial score (nSPS) is 18.3. The largest absolute Gasteiger partial charge is 0.304 e. The number of carbonyl (C=O) groups is 1. The number of nitro groups is 1. The van der Waals surface area contributed by atoms with Crippen molar-refractivity contribution in [2.24, 2.45) is 0 Å². The standard InChI is InChI=1S/C10H11N3O5S/c1-7-2-3-8(4-9(7)13(15)16)5-12-6-10(14)11-19(12,17)18/h2-4H,5-6H2,1H3,(H,11,14). The molecular formula is C10H11N3O5S. The molecule has 0 bridgehead atoms. The Morgan fingerprint density at radius 3 is 2.68 bits per heavy atom. The molecule has 1 aromatic carbocycles. The molecule has 2 rings (SSSR count). The van der Waals surface area contributed by atoms with Crippen LogP contribution in [0.3, 0.4) is 0 Å². The topological polar surface area (TPSA) is 110 Å². The summed E-state index contributed by atoms with van der Waals surface area (Å²) in [7, 11) is -3.81. The molecule has 0 spiro atoms. The summed E-state index contributed by atoms with van der Waals surface area (Å²) in [5.41, 5.74) is 0.873. The molecule has 1 aromatic rings. The molecule has 1 aliphatic heterocycles. The maximum atomic E-state index is 11.5. The van der Waals surface area contributed by atoms with E-state index in [0.29, 0.717) is 11.1 Å². The number of aryl methyl sites for hydroxylation is 1. The SMILES string of the molecule is Cc1ccc(CN2CC(=O)NS2(=O)=O)cc1[N+](=O)[O-]. The van der Waals surface area contributed by atoms with Crippen LogP contribution in [0.2, 0.25) is 0 Å². The predicted molar refractivity (Wildman–Crippen MR) is 65.3 cm³/mol. The van der Waals surface area contributed by atoms with E-state index in [2.05, 4.69) is 0 Å². The predicted octanol–water partition coefficient (Wildman–Crippen LogP) is 0.0798. The molecule has 0 unspecified atom stereocenters. The van der Waals surface area contributed by atoms with Crippen molar-refractivity contribution in [3.8, 4) is 0 Å². The number of benzene rings is 1. The van der Waals surface area contributed by atoms with Gasteiger partial charge in [0.1, 0.15) is 0 Å². The molecule has 0 aromatic heterocycles. The summed E-state index contributed by atoms with van der Waals surface area (Å²) in [6.07, 6.45) is 0. The van der Waals surface area contributed by atoms with E-state index >= 15 is 0 Å². The minimum Gasteiger partial charge on any atom is -0.272 e. The van der Waals surface area contributed by atoms with Gasteiger partial charge in [-0.15, -0.1) is 0 Å². The monoisotopic (exact) mass is 285 g/mol. The molecule has 19 heavy (non-hydrogen) atoms. The van der Waals surface area contributed by atoms with E-state index in [9.17, 15) is 23.3 Å².